The molecule has 1 aliphatic heterocycles. The van der Waals surface area contributed by atoms with Crippen LogP contribution in [0.4, 0.5) is 0 Å². The molecule has 4 nitrogen and oxygen atoms in total. The molecule has 2 aliphatic rings. The number of rotatable bonds is 2. The molecule has 2 atom stereocenters. The molecule has 2 rings (SSSR count). The molecule has 0 amide bonds. The van der Waals surface area contributed by atoms with Crippen molar-refractivity contribution in [2.24, 2.45) is 0 Å². The van der Waals surface area contributed by atoms with Crippen LogP contribution in [0, 0.1) is 0 Å². The molecule has 0 aromatic rings. The second-order valence-corrected chi connectivity index (χ2v) is 6.65. The molecular weight excluding hydrogens is 202 g/mol. The summed E-state index contributed by atoms with van der Waals surface area (Å²) in [6, 6.07) is 0.499. The zero-order valence-electron chi connectivity index (χ0n) is 8.15. The van der Waals surface area contributed by atoms with E-state index < -0.39 is 9.84 Å². The molecule has 1 heterocycles. The summed E-state index contributed by atoms with van der Waals surface area (Å²) < 4.78 is 22.3. The van der Waals surface area contributed by atoms with E-state index in [9.17, 15) is 13.5 Å². The summed E-state index contributed by atoms with van der Waals surface area (Å²) in [5, 5.41) is 12.7. The zero-order chi connectivity index (χ0) is 10.2. The third kappa shape index (κ3) is 2.27. The van der Waals surface area contributed by atoms with Gasteiger partial charge in [-0.2, -0.15) is 0 Å². The Morgan fingerprint density at radius 2 is 1.71 bits per heavy atom. The molecule has 82 valence electrons. The maximum Gasteiger partial charge on any atom is 0.150 e. The van der Waals surface area contributed by atoms with Gasteiger partial charge < -0.3 is 10.4 Å². The van der Waals surface area contributed by atoms with E-state index in [2.05, 4.69) is 5.32 Å². The Morgan fingerprint density at radius 3 is 2.14 bits per heavy atom. The smallest absolute Gasteiger partial charge is 0.150 e. The normalized spacial score (nSPS) is 37.8. The van der Waals surface area contributed by atoms with Gasteiger partial charge >= 0.3 is 0 Å². The monoisotopic (exact) mass is 219 g/mol. The first-order valence-electron chi connectivity index (χ1n) is 5.21. The first kappa shape index (κ1) is 10.4. The zero-order valence-corrected chi connectivity index (χ0v) is 8.96. The number of sulfone groups is 1. The topological polar surface area (TPSA) is 66.4 Å². The summed E-state index contributed by atoms with van der Waals surface area (Å²) in [5.74, 6) is 0.598. The third-order valence-electron chi connectivity index (χ3n) is 3.24. The first-order valence-corrected chi connectivity index (χ1v) is 7.03. The lowest BCUT2D eigenvalue weighted by Gasteiger charge is -2.37. The van der Waals surface area contributed by atoms with Gasteiger partial charge in [0, 0.05) is 12.1 Å². The highest BCUT2D eigenvalue weighted by atomic mass is 32.2. The molecule has 14 heavy (non-hydrogen) atoms. The van der Waals surface area contributed by atoms with Crippen LogP contribution in [0.3, 0.4) is 0 Å². The molecule has 5 heteroatoms. The highest BCUT2D eigenvalue weighted by Gasteiger charge is 2.32. The van der Waals surface area contributed by atoms with E-state index >= 15 is 0 Å². The Balaban J connectivity index is 1.78. The van der Waals surface area contributed by atoms with E-state index in [4.69, 9.17) is 0 Å². The van der Waals surface area contributed by atoms with Crippen molar-refractivity contribution >= 4 is 9.84 Å². The van der Waals surface area contributed by atoms with Crippen LogP contribution in [-0.4, -0.2) is 43.2 Å². The Labute approximate surface area is 84.6 Å². The summed E-state index contributed by atoms with van der Waals surface area (Å²) in [7, 11) is -2.76. The van der Waals surface area contributed by atoms with Gasteiger partial charge in [-0.25, -0.2) is 8.42 Å². The highest BCUT2D eigenvalue weighted by molar-refractivity contribution is 7.91. The molecule has 1 aliphatic carbocycles. The molecule has 0 radical (unpaired) electrons. The van der Waals surface area contributed by atoms with Gasteiger partial charge in [0.05, 0.1) is 17.6 Å². The van der Waals surface area contributed by atoms with E-state index in [0.29, 0.717) is 30.4 Å². The summed E-state index contributed by atoms with van der Waals surface area (Å²) in [4.78, 5) is 0. The molecule has 1 saturated carbocycles. The van der Waals surface area contributed by atoms with Crippen LogP contribution in [0.2, 0.25) is 0 Å². The van der Waals surface area contributed by atoms with Crippen LogP contribution in [0.5, 0.6) is 0 Å². The fourth-order valence-corrected chi connectivity index (χ4v) is 3.53. The Kier molecular flexibility index (Phi) is 2.81. The number of nitrogens with one attached hydrogen (secondary N) is 1. The van der Waals surface area contributed by atoms with Crippen molar-refractivity contribution in [3.05, 3.63) is 0 Å². The van der Waals surface area contributed by atoms with Gasteiger partial charge in [0.25, 0.3) is 0 Å². The van der Waals surface area contributed by atoms with Crippen molar-refractivity contribution in [1.29, 1.82) is 0 Å². The van der Waals surface area contributed by atoms with Crippen LogP contribution in [0.25, 0.3) is 0 Å². The molecule has 2 N–H and O–H groups in total. The van der Waals surface area contributed by atoms with Gasteiger partial charge in [0.15, 0.2) is 0 Å². The quantitative estimate of drug-likeness (QED) is 0.668. The fraction of sp³-hybridized carbons (Fsp3) is 1.00. The average molecular weight is 219 g/mol. The van der Waals surface area contributed by atoms with Crippen molar-refractivity contribution in [1.82, 2.24) is 5.32 Å². The fourth-order valence-electron chi connectivity index (χ4n) is 2.04. The summed E-state index contributed by atoms with van der Waals surface area (Å²) in [5.41, 5.74) is 0. The average Bonchev–Trinajstić information content (AvgIpc) is 2.14. The Hall–Kier alpha value is -0.130. The van der Waals surface area contributed by atoms with E-state index in [1.54, 1.807) is 0 Å². The molecule has 0 aromatic heterocycles. The molecule has 0 unspecified atom stereocenters. The molecule has 0 bridgehead atoms. The lowest BCUT2D eigenvalue weighted by molar-refractivity contribution is 0.0432. The molecule has 1 saturated heterocycles. The predicted octanol–water partition coefficient (Wildman–Crippen LogP) is -0.324. The van der Waals surface area contributed by atoms with Crippen molar-refractivity contribution in [3.8, 4) is 0 Å². The van der Waals surface area contributed by atoms with Gasteiger partial charge in [-0.1, -0.05) is 0 Å². The number of aliphatic hydroxyl groups is 1. The van der Waals surface area contributed by atoms with Gasteiger partial charge in [0.1, 0.15) is 9.84 Å². The number of hydrogen-bond donors (Lipinski definition) is 2. The lowest BCUT2D eigenvalue weighted by Crippen LogP contribution is -2.53. The maximum absolute atomic E-state index is 11.2. The summed E-state index contributed by atoms with van der Waals surface area (Å²) >= 11 is 0. The van der Waals surface area contributed by atoms with Gasteiger partial charge in [-0.15, -0.1) is 0 Å². The minimum Gasteiger partial charge on any atom is -0.392 e. The van der Waals surface area contributed by atoms with Crippen LogP contribution < -0.4 is 5.32 Å². The first-order chi connectivity index (χ1) is 6.57. The van der Waals surface area contributed by atoms with E-state index in [1.165, 1.54) is 0 Å². The van der Waals surface area contributed by atoms with E-state index in [0.717, 1.165) is 12.8 Å². The SMILES string of the molecule is O=S1(=O)CCC(N[C@@H]2CC[C@H]2O)CC1. The van der Waals surface area contributed by atoms with E-state index in [1.807, 2.05) is 0 Å². The van der Waals surface area contributed by atoms with Gasteiger partial charge in [0.2, 0.25) is 0 Å². The van der Waals surface area contributed by atoms with Crippen LogP contribution >= 0.6 is 0 Å². The minimum absolute atomic E-state index is 0.209. The molecular formula is C9H17NO3S. The second kappa shape index (κ2) is 3.79. The molecule has 0 aromatic carbocycles. The van der Waals surface area contributed by atoms with Crippen LogP contribution in [0.15, 0.2) is 0 Å². The number of hydrogen-bond acceptors (Lipinski definition) is 4. The largest absolute Gasteiger partial charge is 0.392 e. The van der Waals surface area contributed by atoms with Crippen molar-refractivity contribution < 1.29 is 13.5 Å². The summed E-state index contributed by atoms with van der Waals surface area (Å²) in [6.07, 6.45) is 3.08. The minimum atomic E-state index is -2.76. The molecule has 0 spiro atoms. The standard InChI is InChI=1S/C9H17NO3S/c11-9-2-1-8(9)10-7-3-5-14(12,13)6-4-7/h7-11H,1-6H2/t8-,9-/m1/s1. The Morgan fingerprint density at radius 1 is 1.07 bits per heavy atom. The van der Waals surface area contributed by atoms with Crippen molar-refractivity contribution in [3.63, 3.8) is 0 Å². The van der Waals surface area contributed by atoms with Crippen LogP contribution in [0.1, 0.15) is 25.7 Å². The third-order valence-corrected chi connectivity index (χ3v) is 4.96. The van der Waals surface area contributed by atoms with Gasteiger partial charge in [-0.3, -0.25) is 0 Å². The van der Waals surface area contributed by atoms with Crippen LogP contribution in [-0.2, 0) is 9.84 Å². The van der Waals surface area contributed by atoms with E-state index in [-0.39, 0.29) is 12.1 Å². The number of aliphatic hydroxyl groups excluding tert-OH is 1. The van der Waals surface area contributed by atoms with Crippen molar-refractivity contribution in [2.75, 3.05) is 11.5 Å². The predicted molar refractivity (Wildman–Crippen MR) is 53.8 cm³/mol. The lowest BCUT2D eigenvalue weighted by atomic mass is 9.88. The summed E-state index contributed by atoms with van der Waals surface area (Å²) in [6.45, 7) is 0. The van der Waals surface area contributed by atoms with Gasteiger partial charge in [-0.05, 0) is 25.7 Å². The maximum atomic E-state index is 11.2. The second-order valence-electron chi connectivity index (χ2n) is 4.34. The highest BCUT2D eigenvalue weighted by Crippen LogP contribution is 2.22. The molecule has 2 fully saturated rings. The van der Waals surface area contributed by atoms with Crippen molar-refractivity contribution in [2.45, 2.75) is 43.9 Å². The Bertz CT molecular complexity index is 287.